The minimum absolute atomic E-state index is 0.0762. The largest absolute Gasteiger partial charge is 0.494 e. The van der Waals surface area contributed by atoms with Gasteiger partial charge in [-0.3, -0.25) is 4.79 Å². The van der Waals surface area contributed by atoms with Crippen LogP contribution in [0.4, 0.5) is 24.5 Å². The zero-order valence-electron chi connectivity index (χ0n) is 16.5. The lowest BCUT2D eigenvalue weighted by atomic mass is 10.1. The molecule has 1 N–H and O–H groups in total. The Labute approximate surface area is 177 Å². The number of hydrogen-bond acceptors (Lipinski definition) is 5. The van der Waals surface area contributed by atoms with Crippen molar-refractivity contribution in [2.75, 3.05) is 48.9 Å². The van der Waals surface area contributed by atoms with E-state index in [1.807, 2.05) is 36.1 Å². The van der Waals surface area contributed by atoms with Gasteiger partial charge in [-0.1, -0.05) is 0 Å². The lowest BCUT2D eigenvalue weighted by molar-refractivity contribution is -0.137. The highest BCUT2D eigenvalue weighted by atomic mass is 32.2. The minimum atomic E-state index is -4.49. The molecule has 9 heteroatoms. The van der Waals surface area contributed by atoms with Gasteiger partial charge in [0.25, 0.3) is 0 Å². The normalized spacial score (nSPS) is 14.5. The van der Waals surface area contributed by atoms with Crippen molar-refractivity contribution in [2.45, 2.75) is 18.0 Å². The van der Waals surface area contributed by atoms with Gasteiger partial charge >= 0.3 is 6.18 Å². The average Bonchev–Trinajstić information content (AvgIpc) is 2.73. The summed E-state index contributed by atoms with van der Waals surface area (Å²) in [5, 5.41) is 2.66. The summed E-state index contributed by atoms with van der Waals surface area (Å²) in [5.41, 5.74) is -0.0799. The second-order valence-corrected chi connectivity index (χ2v) is 7.62. The minimum Gasteiger partial charge on any atom is -0.494 e. The molecule has 0 aromatic heterocycles. The van der Waals surface area contributed by atoms with E-state index in [9.17, 15) is 18.0 Å². The highest BCUT2D eigenvalue weighted by Gasteiger charge is 2.32. The van der Waals surface area contributed by atoms with Crippen LogP contribution in [-0.4, -0.2) is 44.6 Å². The molecule has 162 valence electrons. The van der Waals surface area contributed by atoms with Crippen molar-refractivity contribution in [3.05, 3.63) is 48.0 Å². The lowest BCUT2D eigenvalue weighted by Crippen LogP contribution is -2.37. The van der Waals surface area contributed by atoms with E-state index in [1.54, 1.807) is 0 Å². The summed E-state index contributed by atoms with van der Waals surface area (Å²) in [6.45, 7) is 4.54. The van der Waals surface area contributed by atoms with Crippen LogP contribution in [0.3, 0.4) is 0 Å². The van der Waals surface area contributed by atoms with Gasteiger partial charge in [0.15, 0.2) is 0 Å². The Kier molecular flexibility index (Phi) is 7.49. The first-order valence-electron chi connectivity index (χ1n) is 9.56. The number of carbonyl (C=O) groups excluding carboxylic acids is 1. The van der Waals surface area contributed by atoms with Crippen LogP contribution in [0.5, 0.6) is 5.75 Å². The van der Waals surface area contributed by atoms with Crippen molar-refractivity contribution in [1.29, 1.82) is 0 Å². The third kappa shape index (κ3) is 6.06. The molecule has 0 bridgehead atoms. The fraction of sp³-hybridized carbons (Fsp3) is 0.381. The molecule has 1 saturated heterocycles. The Morgan fingerprint density at radius 2 is 1.87 bits per heavy atom. The SMILES string of the molecule is CCOc1ccc(SCC(=O)Nc2cc(C(F)(F)F)ccc2N2CCOCC2)cc1. The first kappa shape index (κ1) is 22.3. The fourth-order valence-corrected chi connectivity index (χ4v) is 3.72. The summed E-state index contributed by atoms with van der Waals surface area (Å²) in [4.78, 5) is 15.3. The van der Waals surface area contributed by atoms with E-state index < -0.39 is 11.7 Å². The van der Waals surface area contributed by atoms with E-state index in [1.165, 1.54) is 17.8 Å². The van der Waals surface area contributed by atoms with Crippen molar-refractivity contribution in [1.82, 2.24) is 0 Å². The molecule has 2 aromatic carbocycles. The summed E-state index contributed by atoms with van der Waals surface area (Å²) >= 11 is 1.30. The molecule has 30 heavy (non-hydrogen) atoms. The fourth-order valence-electron chi connectivity index (χ4n) is 3.03. The van der Waals surface area contributed by atoms with E-state index >= 15 is 0 Å². The number of amides is 1. The summed E-state index contributed by atoms with van der Waals surface area (Å²) in [5.74, 6) is 0.445. The maximum absolute atomic E-state index is 13.2. The number of anilines is 2. The molecule has 0 unspecified atom stereocenters. The van der Waals surface area contributed by atoms with Gasteiger partial charge < -0.3 is 19.7 Å². The predicted molar refractivity (Wildman–Crippen MR) is 111 cm³/mol. The van der Waals surface area contributed by atoms with Gasteiger partial charge in [0.2, 0.25) is 5.91 Å². The number of halogens is 3. The van der Waals surface area contributed by atoms with Crippen LogP contribution in [0, 0.1) is 0 Å². The molecule has 0 saturated carbocycles. The van der Waals surface area contributed by atoms with Crippen molar-refractivity contribution in [3.63, 3.8) is 0 Å². The molecule has 3 rings (SSSR count). The van der Waals surface area contributed by atoms with E-state index in [0.717, 1.165) is 22.8 Å². The number of rotatable bonds is 7. The molecule has 1 heterocycles. The van der Waals surface area contributed by atoms with Gasteiger partial charge in [-0.05, 0) is 49.4 Å². The maximum Gasteiger partial charge on any atom is 0.416 e. The van der Waals surface area contributed by atoms with Gasteiger partial charge in [0, 0.05) is 18.0 Å². The number of ether oxygens (including phenoxy) is 2. The standard InChI is InChI=1S/C21H23F3N2O3S/c1-2-29-16-4-6-17(7-5-16)30-14-20(27)25-18-13-15(21(22,23)24)3-8-19(18)26-9-11-28-12-10-26/h3-8,13H,2,9-12,14H2,1H3,(H,25,27). The predicted octanol–water partition coefficient (Wildman–Crippen LogP) is 4.67. The Morgan fingerprint density at radius 1 is 1.17 bits per heavy atom. The van der Waals surface area contributed by atoms with Gasteiger partial charge in [0.1, 0.15) is 5.75 Å². The number of nitrogens with one attached hydrogen (secondary N) is 1. The molecular formula is C21H23F3N2O3S. The van der Waals surface area contributed by atoms with Crippen molar-refractivity contribution in [2.24, 2.45) is 0 Å². The van der Waals surface area contributed by atoms with Crippen LogP contribution in [0.2, 0.25) is 0 Å². The highest BCUT2D eigenvalue weighted by Crippen LogP contribution is 2.36. The number of alkyl halides is 3. The Hall–Kier alpha value is -2.39. The molecule has 1 aliphatic rings. The number of morpholine rings is 1. The second-order valence-electron chi connectivity index (χ2n) is 6.57. The molecule has 0 spiro atoms. The van der Waals surface area contributed by atoms with Gasteiger partial charge in [-0.2, -0.15) is 13.2 Å². The molecule has 0 radical (unpaired) electrons. The monoisotopic (exact) mass is 440 g/mol. The maximum atomic E-state index is 13.2. The van der Waals surface area contributed by atoms with Gasteiger partial charge in [-0.25, -0.2) is 0 Å². The van der Waals surface area contributed by atoms with E-state index in [0.29, 0.717) is 38.6 Å². The van der Waals surface area contributed by atoms with Crippen LogP contribution in [0.25, 0.3) is 0 Å². The smallest absolute Gasteiger partial charge is 0.416 e. The first-order valence-corrected chi connectivity index (χ1v) is 10.5. The zero-order chi connectivity index (χ0) is 21.6. The van der Waals surface area contributed by atoms with Crippen molar-refractivity contribution < 1.29 is 27.4 Å². The van der Waals surface area contributed by atoms with Crippen LogP contribution in [-0.2, 0) is 15.7 Å². The number of benzene rings is 2. The molecule has 2 aromatic rings. The van der Waals surface area contributed by atoms with Crippen LogP contribution in [0.1, 0.15) is 12.5 Å². The summed E-state index contributed by atoms with van der Waals surface area (Å²) in [6, 6.07) is 10.7. The topological polar surface area (TPSA) is 50.8 Å². The average molecular weight is 440 g/mol. The van der Waals surface area contributed by atoms with E-state index in [4.69, 9.17) is 9.47 Å². The number of nitrogens with zero attached hydrogens (tertiary/aromatic N) is 1. The number of thioether (sulfide) groups is 1. The molecule has 5 nitrogen and oxygen atoms in total. The Bertz CT molecular complexity index is 854. The highest BCUT2D eigenvalue weighted by molar-refractivity contribution is 8.00. The van der Waals surface area contributed by atoms with E-state index in [-0.39, 0.29) is 17.3 Å². The van der Waals surface area contributed by atoms with E-state index in [2.05, 4.69) is 5.32 Å². The van der Waals surface area contributed by atoms with Crippen LogP contribution in [0.15, 0.2) is 47.4 Å². The Balaban J connectivity index is 1.70. The molecule has 1 fully saturated rings. The quantitative estimate of drug-likeness (QED) is 0.634. The number of hydrogen-bond donors (Lipinski definition) is 1. The van der Waals surface area contributed by atoms with Crippen LogP contribution < -0.4 is 15.0 Å². The van der Waals surface area contributed by atoms with Gasteiger partial charge in [0.05, 0.1) is 42.5 Å². The molecule has 1 aliphatic heterocycles. The van der Waals surface area contributed by atoms with Crippen molar-refractivity contribution >= 4 is 29.0 Å². The zero-order valence-corrected chi connectivity index (χ0v) is 17.3. The first-order chi connectivity index (χ1) is 14.4. The third-order valence-electron chi connectivity index (χ3n) is 4.45. The molecule has 1 amide bonds. The summed E-state index contributed by atoms with van der Waals surface area (Å²) in [6.07, 6.45) is -4.49. The summed E-state index contributed by atoms with van der Waals surface area (Å²) < 4.78 is 50.2. The molecular weight excluding hydrogens is 417 g/mol. The number of carbonyl (C=O) groups is 1. The Morgan fingerprint density at radius 3 is 2.50 bits per heavy atom. The lowest BCUT2D eigenvalue weighted by Gasteiger charge is -2.31. The second kappa shape index (κ2) is 10.1. The van der Waals surface area contributed by atoms with Crippen LogP contribution >= 0.6 is 11.8 Å². The third-order valence-corrected chi connectivity index (χ3v) is 5.47. The molecule has 0 aliphatic carbocycles. The molecule has 0 atom stereocenters. The van der Waals surface area contributed by atoms with Gasteiger partial charge in [-0.15, -0.1) is 11.8 Å². The summed E-state index contributed by atoms with van der Waals surface area (Å²) in [7, 11) is 0. The van der Waals surface area contributed by atoms with Crippen molar-refractivity contribution in [3.8, 4) is 5.75 Å².